The second kappa shape index (κ2) is 15.2. The minimum absolute atomic E-state index is 0.0124. The molecule has 1 N–H and O–H groups in total. The molecule has 13 heteroatoms. The van der Waals surface area contributed by atoms with Gasteiger partial charge in [-0.1, -0.05) is 35.3 Å². The highest BCUT2D eigenvalue weighted by molar-refractivity contribution is 6.35. The number of halogens is 2. The first-order chi connectivity index (χ1) is 26.4. The van der Waals surface area contributed by atoms with Crippen LogP contribution in [0.5, 0.6) is 11.5 Å². The molecular formula is C42H43Cl2N5O6. The van der Waals surface area contributed by atoms with E-state index in [-0.39, 0.29) is 43.0 Å². The van der Waals surface area contributed by atoms with Gasteiger partial charge in [-0.2, -0.15) is 0 Å². The number of carbonyl (C=O) groups excluding carboxylic acids is 1. The van der Waals surface area contributed by atoms with Crippen molar-refractivity contribution in [3.05, 3.63) is 98.3 Å². The fourth-order valence-electron chi connectivity index (χ4n) is 8.16. The minimum atomic E-state index is -1.16. The van der Waals surface area contributed by atoms with Crippen LogP contribution in [-0.4, -0.2) is 70.1 Å². The molecule has 0 aliphatic carbocycles. The maximum atomic E-state index is 15.4. The third kappa shape index (κ3) is 6.47. The maximum Gasteiger partial charge on any atom is 0.354 e. The molecule has 1 aliphatic rings. The molecule has 4 heterocycles. The van der Waals surface area contributed by atoms with Crippen LogP contribution in [0.15, 0.2) is 48.8 Å². The lowest BCUT2D eigenvalue weighted by Crippen LogP contribution is -2.43. The van der Waals surface area contributed by atoms with Gasteiger partial charge >= 0.3 is 5.97 Å². The summed E-state index contributed by atoms with van der Waals surface area (Å²) in [6.07, 6.45) is 2.61. The number of fused-ring (bicyclic) bond motifs is 4. The van der Waals surface area contributed by atoms with E-state index in [2.05, 4.69) is 14.5 Å². The van der Waals surface area contributed by atoms with Gasteiger partial charge in [0, 0.05) is 59.2 Å². The number of carboxylic acids is 1. The SMILES string of the molecule is COCCn1c(C(=O)O)c(N2C[C@@H](C)n3c(c(CCCOc4cc(C)c(Cl)c(C)c4)c4ccc(Cl)c(-c5c(C)ncnc5C)c43)C2=O)c2c(OC)cccc21. The monoisotopic (exact) mass is 783 g/mol. The zero-order valence-corrected chi connectivity index (χ0v) is 33.4. The normalized spacial score (nSPS) is 14.2. The number of aryl methyl sites for hydroxylation is 5. The molecule has 1 atom stereocenters. The largest absolute Gasteiger partial charge is 0.496 e. The summed E-state index contributed by atoms with van der Waals surface area (Å²) in [4.78, 5) is 39.2. The van der Waals surface area contributed by atoms with Crippen molar-refractivity contribution in [2.75, 3.05) is 38.9 Å². The highest BCUT2D eigenvalue weighted by atomic mass is 35.5. The fraction of sp³-hybridized carbons (Fsp3) is 0.333. The van der Waals surface area contributed by atoms with E-state index >= 15 is 4.79 Å². The van der Waals surface area contributed by atoms with Crippen molar-refractivity contribution >= 4 is 62.6 Å². The van der Waals surface area contributed by atoms with E-state index in [1.807, 2.05) is 71.0 Å². The summed E-state index contributed by atoms with van der Waals surface area (Å²) in [5.41, 5.74) is 7.95. The van der Waals surface area contributed by atoms with Gasteiger partial charge in [0.15, 0.2) is 5.69 Å². The van der Waals surface area contributed by atoms with Crippen LogP contribution in [0.2, 0.25) is 10.0 Å². The van der Waals surface area contributed by atoms with Gasteiger partial charge in [0.25, 0.3) is 5.91 Å². The number of nitrogens with zero attached hydrogens (tertiary/aromatic N) is 5. The first kappa shape index (κ1) is 38.2. The zero-order valence-electron chi connectivity index (χ0n) is 31.9. The van der Waals surface area contributed by atoms with Crippen molar-refractivity contribution < 1.29 is 28.9 Å². The van der Waals surface area contributed by atoms with Crippen LogP contribution in [0.4, 0.5) is 5.69 Å². The second-order valence-electron chi connectivity index (χ2n) is 14.0. The molecule has 6 aromatic rings. The summed E-state index contributed by atoms with van der Waals surface area (Å²) in [6.45, 7) is 10.9. The summed E-state index contributed by atoms with van der Waals surface area (Å²) in [5, 5.41) is 13.4. The summed E-state index contributed by atoms with van der Waals surface area (Å²) >= 11 is 13.5. The Labute approximate surface area is 329 Å². The van der Waals surface area contributed by atoms with Crippen molar-refractivity contribution in [2.24, 2.45) is 0 Å². The average Bonchev–Trinajstić information content (AvgIpc) is 3.67. The lowest BCUT2D eigenvalue weighted by molar-refractivity contribution is 0.0684. The Kier molecular flexibility index (Phi) is 10.6. The lowest BCUT2D eigenvalue weighted by Gasteiger charge is -2.34. The van der Waals surface area contributed by atoms with Crippen LogP contribution in [0.3, 0.4) is 0 Å². The number of carbonyl (C=O) groups is 2. The van der Waals surface area contributed by atoms with Gasteiger partial charge in [-0.15, -0.1) is 0 Å². The van der Waals surface area contributed by atoms with Crippen LogP contribution < -0.4 is 14.4 Å². The van der Waals surface area contributed by atoms with Gasteiger partial charge in [-0.05, 0) is 94.5 Å². The van der Waals surface area contributed by atoms with E-state index in [4.69, 9.17) is 37.4 Å². The Morgan fingerprint density at radius 3 is 2.35 bits per heavy atom. The third-order valence-electron chi connectivity index (χ3n) is 10.5. The van der Waals surface area contributed by atoms with E-state index in [1.54, 1.807) is 29.8 Å². The van der Waals surface area contributed by atoms with Crippen LogP contribution in [0.25, 0.3) is 32.9 Å². The molecular weight excluding hydrogens is 741 g/mol. The summed E-state index contributed by atoms with van der Waals surface area (Å²) in [6, 6.07) is 12.8. The van der Waals surface area contributed by atoms with Crippen LogP contribution in [0.1, 0.15) is 68.4 Å². The number of benzene rings is 3. The third-order valence-corrected chi connectivity index (χ3v) is 11.4. The molecule has 3 aromatic carbocycles. The van der Waals surface area contributed by atoms with Gasteiger partial charge in [0.2, 0.25) is 0 Å². The Bertz CT molecular complexity index is 2460. The number of amides is 1. The molecule has 0 radical (unpaired) electrons. The minimum Gasteiger partial charge on any atom is -0.496 e. The van der Waals surface area contributed by atoms with Gasteiger partial charge in [-0.25, -0.2) is 14.8 Å². The molecule has 0 saturated heterocycles. The number of ether oxygens (including phenoxy) is 3. The first-order valence-electron chi connectivity index (χ1n) is 18.2. The first-order valence-corrected chi connectivity index (χ1v) is 18.9. The van der Waals surface area contributed by atoms with Crippen LogP contribution in [0, 0.1) is 27.7 Å². The number of hydrogen-bond acceptors (Lipinski definition) is 7. The van der Waals surface area contributed by atoms with Gasteiger partial charge in [-0.3, -0.25) is 4.79 Å². The smallest absolute Gasteiger partial charge is 0.354 e. The van der Waals surface area contributed by atoms with E-state index in [0.717, 1.165) is 55.9 Å². The van der Waals surface area contributed by atoms with E-state index in [9.17, 15) is 9.90 Å². The molecule has 1 amide bonds. The number of rotatable bonds is 12. The fourth-order valence-corrected chi connectivity index (χ4v) is 8.51. The molecule has 3 aromatic heterocycles. The molecule has 286 valence electrons. The summed E-state index contributed by atoms with van der Waals surface area (Å²) < 4.78 is 21.2. The molecule has 1 aliphatic heterocycles. The quantitative estimate of drug-likeness (QED) is 0.122. The predicted octanol–water partition coefficient (Wildman–Crippen LogP) is 9.18. The van der Waals surface area contributed by atoms with Crippen molar-refractivity contribution in [1.29, 1.82) is 0 Å². The van der Waals surface area contributed by atoms with Crippen molar-refractivity contribution in [3.63, 3.8) is 0 Å². The number of carboxylic acid groups (broad SMARTS) is 1. The highest BCUT2D eigenvalue weighted by Gasteiger charge is 2.40. The number of hydrogen-bond donors (Lipinski definition) is 1. The van der Waals surface area contributed by atoms with Crippen LogP contribution >= 0.6 is 23.2 Å². The summed E-state index contributed by atoms with van der Waals surface area (Å²) in [5.74, 6) is -0.298. The Morgan fingerprint density at radius 2 is 1.69 bits per heavy atom. The molecule has 0 bridgehead atoms. The molecule has 7 rings (SSSR count). The Hall–Kier alpha value is -5.10. The molecule has 0 spiro atoms. The van der Waals surface area contributed by atoms with E-state index in [1.165, 1.54) is 6.33 Å². The Morgan fingerprint density at radius 1 is 0.982 bits per heavy atom. The summed E-state index contributed by atoms with van der Waals surface area (Å²) in [7, 11) is 3.11. The second-order valence-corrected chi connectivity index (χ2v) is 14.8. The molecule has 0 fully saturated rings. The van der Waals surface area contributed by atoms with Gasteiger partial charge in [0.1, 0.15) is 23.5 Å². The van der Waals surface area contributed by atoms with Gasteiger partial charge in [0.05, 0.1) is 47.5 Å². The Balaban J connectivity index is 1.43. The lowest BCUT2D eigenvalue weighted by atomic mass is 9.97. The molecule has 11 nitrogen and oxygen atoms in total. The average molecular weight is 785 g/mol. The zero-order chi connectivity index (χ0) is 39.3. The number of methoxy groups -OCH3 is 2. The highest BCUT2D eigenvalue weighted by Crippen LogP contribution is 2.47. The number of aromatic carboxylic acids is 1. The molecule has 55 heavy (non-hydrogen) atoms. The van der Waals surface area contributed by atoms with Crippen LogP contribution in [-0.2, 0) is 17.7 Å². The van der Waals surface area contributed by atoms with Crippen molar-refractivity contribution in [3.8, 4) is 22.6 Å². The number of aromatic nitrogens is 4. The molecule has 0 unspecified atom stereocenters. The topological polar surface area (TPSA) is 121 Å². The van der Waals surface area contributed by atoms with Gasteiger partial charge < -0.3 is 33.4 Å². The van der Waals surface area contributed by atoms with E-state index < -0.39 is 5.97 Å². The predicted molar refractivity (Wildman–Crippen MR) is 216 cm³/mol. The standard InChI is InChI=1S/C42H43Cl2N5O6/c1-22-18-27(19-23(2)36(22)44)55-16-9-10-28-29-13-14-30(43)34(33-25(4)45-21-46-26(33)5)37(29)49-24(3)20-48(41(50)38(28)49)39-35-31(11-8-12-32(35)54-7)47(15-17-53-6)40(39)42(51)52/h8,11-14,18-19,21,24H,9-10,15-17,20H2,1-7H3,(H,51,52)/t24-/m1/s1. The van der Waals surface area contributed by atoms with Crippen molar-refractivity contribution in [2.45, 2.75) is 60.0 Å². The number of anilines is 1. The van der Waals surface area contributed by atoms with Crippen molar-refractivity contribution in [1.82, 2.24) is 19.1 Å². The van der Waals surface area contributed by atoms with E-state index in [0.29, 0.717) is 51.8 Å². The maximum absolute atomic E-state index is 15.4. The molecule has 0 saturated carbocycles.